The summed E-state index contributed by atoms with van der Waals surface area (Å²) in [6.07, 6.45) is 3.07. The first-order chi connectivity index (χ1) is 15.9. The molecule has 1 saturated heterocycles. The molecule has 1 aliphatic rings. The van der Waals surface area contributed by atoms with Crippen LogP contribution in [0, 0.1) is 5.82 Å². The molecule has 1 amide bonds. The van der Waals surface area contributed by atoms with Crippen LogP contribution in [0.25, 0.3) is 11.3 Å². The molecule has 6 N–H and O–H groups in total. The lowest BCUT2D eigenvalue weighted by Crippen LogP contribution is -2.51. The minimum Gasteiger partial charge on any atom is -0.496 e. The molecule has 0 bridgehead atoms. The van der Waals surface area contributed by atoms with Crippen LogP contribution in [-0.2, 0) is 0 Å². The van der Waals surface area contributed by atoms with Crippen LogP contribution in [0.4, 0.5) is 21.5 Å². The highest BCUT2D eigenvalue weighted by atomic mass is 19.1. The first kappa shape index (κ1) is 22.4. The summed E-state index contributed by atoms with van der Waals surface area (Å²) >= 11 is 0. The predicted octanol–water partition coefficient (Wildman–Crippen LogP) is 2.02. The van der Waals surface area contributed by atoms with Crippen LogP contribution in [-0.4, -0.2) is 53.3 Å². The largest absolute Gasteiger partial charge is 0.496 e. The summed E-state index contributed by atoms with van der Waals surface area (Å²) < 4.78 is 19.8. The molecule has 0 aliphatic carbocycles. The second kappa shape index (κ2) is 9.39. The van der Waals surface area contributed by atoms with Crippen LogP contribution in [0.1, 0.15) is 16.9 Å². The van der Waals surface area contributed by atoms with E-state index in [4.69, 9.17) is 16.2 Å². The number of amides is 1. The van der Waals surface area contributed by atoms with Gasteiger partial charge in [-0.3, -0.25) is 9.78 Å². The number of aromatic nitrogens is 2. The van der Waals surface area contributed by atoms with Crippen molar-refractivity contribution in [2.75, 3.05) is 36.1 Å². The lowest BCUT2D eigenvalue weighted by atomic mass is 10.0. The molecule has 10 heteroatoms. The van der Waals surface area contributed by atoms with E-state index in [0.29, 0.717) is 30.9 Å². The van der Waals surface area contributed by atoms with Gasteiger partial charge in [-0.05, 0) is 36.8 Å². The fourth-order valence-electron chi connectivity index (χ4n) is 3.84. The molecule has 33 heavy (non-hydrogen) atoms. The molecule has 1 aliphatic heterocycles. The standard InChI is InChI=1S/C23H25FN6O3/c1-33-20-4-2-3-13(24)21(20)16-6-5-14(25)22(28-16)23(32)29-17-11-27-9-7-18(17)30-10-8-19(31)15(26)12-30/h2-7,9,11,15,19,31H,8,10,12,25-26H2,1H3,(H,29,32). The Morgan fingerprint density at radius 3 is 2.88 bits per heavy atom. The number of benzene rings is 1. The van der Waals surface area contributed by atoms with E-state index in [1.165, 1.54) is 37.6 Å². The minimum atomic E-state index is -0.569. The van der Waals surface area contributed by atoms with Crippen molar-refractivity contribution in [3.05, 3.63) is 60.3 Å². The Balaban J connectivity index is 1.64. The van der Waals surface area contributed by atoms with Crippen LogP contribution < -0.4 is 26.4 Å². The molecule has 2 atom stereocenters. The number of anilines is 3. The van der Waals surface area contributed by atoms with Gasteiger partial charge < -0.3 is 31.5 Å². The highest BCUT2D eigenvalue weighted by Gasteiger charge is 2.27. The normalized spacial score (nSPS) is 18.1. The number of aliphatic hydroxyl groups excluding tert-OH is 1. The van der Waals surface area contributed by atoms with E-state index >= 15 is 0 Å². The van der Waals surface area contributed by atoms with Gasteiger partial charge in [0, 0.05) is 25.3 Å². The molecular weight excluding hydrogens is 427 g/mol. The number of piperidine rings is 1. The van der Waals surface area contributed by atoms with Gasteiger partial charge in [-0.15, -0.1) is 0 Å². The molecule has 1 aromatic carbocycles. The number of halogens is 1. The fourth-order valence-corrected chi connectivity index (χ4v) is 3.84. The van der Waals surface area contributed by atoms with E-state index in [1.54, 1.807) is 18.3 Å². The van der Waals surface area contributed by atoms with Crippen molar-refractivity contribution < 1.29 is 19.0 Å². The van der Waals surface area contributed by atoms with Crippen LogP contribution in [0.15, 0.2) is 48.8 Å². The molecule has 3 aromatic rings. The molecule has 3 heterocycles. The summed E-state index contributed by atoms with van der Waals surface area (Å²) in [5.41, 5.74) is 13.6. The van der Waals surface area contributed by atoms with E-state index in [0.717, 1.165) is 0 Å². The summed E-state index contributed by atoms with van der Waals surface area (Å²) in [7, 11) is 1.43. The molecule has 0 radical (unpaired) electrons. The van der Waals surface area contributed by atoms with Crippen molar-refractivity contribution >= 4 is 23.0 Å². The van der Waals surface area contributed by atoms with Crippen molar-refractivity contribution in [2.45, 2.75) is 18.6 Å². The van der Waals surface area contributed by atoms with E-state index in [2.05, 4.69) is 15.3 Å². The third-order valence-electron chi connectivity index (χ3n) is 5.60. The number of ether oxygens (including phenoxy) is 1. The molecule has 172 valence electrons. The molecule has 0 saturated carbocycles. The lowest BCUT2D eigenvalue weighted by Gasteiger charge is -2.36. The van der Waals surface area contributed by atoms with Crippen molar-refractivity contribution in [1.29, 1.82) is 0 Å². The number of nitrogens with one attached hydrogen (secondary N) is 1. The van der Waals surface area contributed by atoms with Gasteiger partial charge in [0.15, 0.2) is 5.69 Å². The summed E-state index contributed by atoms with van der Waals surface area (Å²) in [6.45, 7) is 1.00. The summed E-state index contributed by atoms with van der Waals surface area (Å²) in [4.78, 5) is 23.5. The van der Waals surface area contributed by atoms with Gasteiger partial charge in [-0.2, -0.15) is 0 Å². The average molecular weight is 452 g/mol. The number of hydrogen-bond acceptors (Lipinski definition) is 8. The number of methoxy groups -OCH3 is 1. The third kappa shape index (κ3) is 4.57. The number of nitrogens with two attached hydrogens (primary N) is 2. The Labute approximate surface area is 190 Å². The topological polar surface area (TPSA) is 140 Å². The maximum absolute atomic E-state index is 14.5. The highest BCUT2D eigenvalue weighted by Crippen LogP contribution is 2.33. The van der Waals surface area contributed by atoms with E-state index < -0.39 is 23.9 Å². The van der Waals surface area contributed by atoms with Crippen LogP contribution >= 0.6 is 0 Å². The molecule has 4 rings (SSSR count). The summed E-state index contributed by atoms with van der Waals surface area (Å²) in [5.74, 6) is -0.812. The molecule has 1 fully saturated rings. The Morgan fingerprint density at radius 2 is 2.12 bits per heavy atom. The van der Waals surface area contributed by atoms with Gasteiger partial charge in [0.2, 0.25) is 0 Å². The number of hydrogen-bond donors (Lipinski definition) is 4. The Hall–Kier alpha value is -3.76. The second-order valence-corrected chi connectivity index (χ2v) is 7.76. The van der Waals surface area contributed by atoms with Crippen LogP contribution in [0.3, 0.4) is 0 Å². The van der Waals surface area contributed by atoms with Crippen LogP contribution in [0.5, 0.6) is 5.75 Å². The highest BCUT2D eigenvalue weighted by molar-refractivity contribution is 6.08. The van der Waals surface area contributed by atoms with Gasteiger partial charge in [0.1, 0.15) is 11.6 Å². The van der Waals surface area contributed by atoms with Gasteiger partial charge in [-0.25, -0.2) is 9.37 Å². The van der Waals surface area contributed by atoms with Crippen molar-refractivity contribution in [3.8, 4) is 17.0 Å². The first-order valence-electron chi connectivity index (χ1n) is 10.4. The Kier molecular flexibility index (Phi) is 6.38. The number of carbonyl (C=O) groups is 1. The molecular formula is C23H25FN6O3. The SMILES string of the molecule is COc1cccc(F)c1-c1ccc(N)c(C(=O)Nc2cnccc2N2CCC(O)C(N)C2)n1. The van der Waals surface area contributed by atoms with Crippen molar-refractivity contribution in [1.82, 2.24) is 9.97 Å². The maximum Gasteiger partial charge on any atom is 0.276 e. The zero-order valence-corrected chi connectivity index (χ0v) is 18.0. The molecule has 2 aromatic heterocycles. The number of nitrogens with zero attached hydrogens (tertiary/aromatic N) is 3. The zero-order chi connectivity index (χ0) is 23.5. The van der Waals surface area contributed by atoms with Crippen molar-refractivity contribution in [3.63, 3.8) is 0 Å². The number of aliphatic hydroxyl groups is 1. The van der Waals surface area contributed by atoms with E-state index in [9.17, 15) is 14.3 Å². The third-order valence-corrected chi connectivity index (χ3v) is 5.60. The summed E-state index contributed by atoms with van der Waals surface area (Å²) in [5, 5.41) is 12.7. The van der Waals surface area contributed by atoms with Gasteiger partial charge in [0.05, 0.1) is 47.7 Å². The molecule has 9 nitrogen and oxygen atoms in total. The first-order valence-corrected chi connectivity index (χ1v) is 10.4. The minimum absolute atomic E-state index is 0.0571. The van der Waals surface area contributed by atoms with Crippen LogP contribution in [0.2, 0.25) is 0 Å². The maximum atomic E-state index is 14.5. The van der Waals surface area contributed by atoms with Gasteiger partial charge in [0.25, 0.3) is 5.91 Å². The number of rotatable bonds is 5. The Bertz CT molecular complexity index is 1170. The van der Waals surface area contributed by atoms with Gasteiger partial charge in [-0.1, -0.05) is 6.07 Å². The second-order valence-electron chi connectivity index (χ2n) is 7.76. The fraction of sp³-hybridized carbons (Fsp3) is 0.261. The van der Waals surface area contributed by atoms with Gasteiger partial charge >= 0.3 is 0 Å². The van der Waals surface area contributed by atoms with Crippen molar-refractivity contribution in [2.24, 2.45) is 5.73 Å². The quantitative estimate of drug-likeness (QED) is 0.461. The zero-order valence-electron chi connectivity index (χ0n) is 18.0. The summed E-state index contributed by atoms with van der Waals surface area (Å²) in [6, 6.07) is 8.81. The molecule has 0 spiro atoms. The smallest absolute Gasteiger partial charge is 0.276 e. The average Bonchev–Trinajstić information content (AvgIpc) is 2.81. The van der Waals surface area contributed by atoms with E-state index in [-0.39, 0.29) is 28.4 Å². The predicted molar refractivity (Wildman–Crippen MR) is 124 cm³/mol. The molecule has 2 unspecified atom stereocenters. The number of nitrogen functional groups attached to an aromatic ring is 1. The Morgan fingerprint density at radius 1 is 1.30 bits per heavy atom. The number of pyridine rings is 2. The monoisotopic (exact) mass is 452 g/mol. The number of carbonyl (C=O) groups excluding carboxylic acids is 1. The lowest BCUT2D eigenvalue weighted by molar-refractivity contribution is 0.102. The van der Waals surface area contributed by atoms with E-state index in [1.807, 2.05) is 4.90 Å².